The van der Waals surface area contributed by atoms with Crippen LogP contribution in [0.2, 0.25) is 0 Å². The summed E-state index contributed by atoms with van der Waals surface area (Å²) in [6.07, 6.45) is 3.44. The monoisotopic (exact) mass is 163 g/mol. The maximum Gasteiger partial charge on any atom is 0.315 e. The van der Waals surface area contributed by atoms with E-state index in [1.807, 2.05) is 12.1 Å². The third-order valence-corrected chi connectivity index (χ3v) is 1.88. The minimum absolute atomic E-state index is 0.0977. The van der Waals surface area contributed by atoms with Gasteiger partial charge in [0.25, 0.3) is 0 Å². The zero-order valence-electron chi connectivity index (χ0n) is 6.45. The van der Waals surface area contributed by atoms with Crippen molar-refractivity contribution in [2.24, 2.45) is 0 Å². The second-order valence-electron chi connectivity index (χ2n) is 2.69. The van der Waals surface area contributed by atoms with Crippen LogP contribution in [0.1, 0.15) is 11.6 Å². The highest BCUT2D eigenvalue weighted by molar-refractivity contribution is 5.76. The van der Waals surface area contributed by atoms with E-state index in [-0.39, 0.29) is 12.1 Å². The molecule has 4 nitrogen and oxygen atoms in total. The van der Waals surface area contributed by atoms with Crippen molar-refractivity contribution in [1.82, 2.24) is 15.6 Å². The molecule has 1 aliphatic heterocycles. The highest BCUT2D eigenvalue weighted by atomic mass is 16.2. The minimum Gasteiger partial charge on any atom is -0.336 e. The molecular weight excluding hydrogens is 154 g/mol. The van der Waals surface area contributed by atoms with Gasteiger partial charge >= 0.3 is 6.03 Å². The van der Waals surface area contributed by atoms with Crippen LogP contribution in [0.15, 0.2) is 24.5 Å². The van der Waals surface area contributed by atoms with Gasteiger partial charge in [-0.1, -0.05) is 0 Å². The summed E-state index contributed by atoms with van der Waals surface area (Å²) < 4.78 is 0. The molecule has 1 unspecified atom stereocenters. The van der Waals surface area contributed by atoms with E-state index in [0.717, 1.165) is 5.56 Å². The SMILES string of the molecule is O=C1NCC(c2ccncc2)N1. The Bertz CT molecular complexity index is 286. The first kappa shape index (κ1) is 7.09. The van der Waals surface area contributed by atoms with Crippen LogP contribution in [0.5, 0.6) is 0 Å². The van der Waals surface area contributed by atoms with E-state index in [9.17, 15) is 4.79 Å². The first-order valence-corrected chi connectivity index (χ1v) is 3.80. The smallest absolute Gasteiger partial charge is 0.315 e. The van der Waals surface area contributed by atoms with Gasteiger partial charge < -0.3 is 10.6 Å². The summed E-state index contributed by atoms with van der Waals surface area (Å²) >= 11 is 0. The maximum atomic E-state index is 10.8. The number of hydrogen-bond acceptors (Lipinski definition) is 2. The predicted molar refractivity (Wildman–Crippen MR) is 43.5 cm³/mol. The Balaban J connectivity index is 2.16. The lowest BCUT2D eigenvalue weighted by molar-refractivity contribution is 0.247. The molecule has 1 atom stereocenters. The molecule has 1 aromatic rings. The summed E-state index contributed by atoms with van der Waals surface area (Å²) in [5.41, 5.74) is 1.09. The third-order valence-electron chi connectivity index (χ3n) is 1.88. The van der Waals surface area contributed by atoms with Gasteiger partial charge in [-0.3, -0.25) is 4.98 Å². The molecule has 0 spiro atoms. The van der Waals surface area contributed by atoms with E-state index in [4.69, 9.17) is 0 Å². The van der Waals surface area contributed by atoms with Crippen LogP contribution in [0.3, 0.4) is 0 Å². The molecule has 0 saturated carbocycles. The van der Waals surface area contributed by atoms with Crippen molar-refractivity contribution in [1.29, 1.82) is 0 Å². The number of carbonyl (C=O) groups is 1. The van der Waals surface area contributed by atoms with Crippen molar-refractivity contribution in [2.45, 2.75) is 6.04 Å². The number of pyridine rings is 1. The van der Waals surface area contributed by atoms with Crippen molar-refractivity contribution in [3.8, 4) is 0 Å². The topological polar surface area (TPSA) is 54.0 Å². The Hall–Kier alpha value is -1.58. The van der Waals surface area contributed by atoms with Gasteiger partial charge in [-0.15, -0.1) is 0 Å². The molecule has 0 bridgehead atoms. The molecule has 2 N–H and O–H groups in total. The van der Waals surface area contributed by atoms with E-state index in [1.54, 1.807) is 12.4 Å². The van der Waals surface area contributed by atoms with Gasteiger partial charge in [-0.05, 0) is 17.7 Å². The van der Waals surface area contributed by atoms with E-state index in [1.165, 1.54) is 0 Å². The highest BCUT2D eigenvalue weighted by Gasteiger charge is 2.20. The fourth-order valence-corrected chi connectivity index (χ4v) is 1.25. The summed E-state index contributed by atoms with van der Waals surface area (Å²) in [7, 11) is 0. The molecule has 2 amide bonds. The zero-order chi connectivity index (χ0) is 8.39. The lowest BCUT2D eigenvalue weighted by Crippen LogP contribution is -2.21. The molecule has 1 aliphatic rings. The fraction of sp³-hybridized carbons (Fsp3) is 0.250. The van der Waals surface area contributed by atoms with Gasteiger partial charge in [-0.25, -0.2) is 4.79 Å². The highest BCUT2D eigenvalue weighted by Crippen LogP contribution is 2.12. The Kier molecular flexibility index (Phi) is 1.66. The standard InChI is InChI=1S/C8H9N3O/c12-8-10-5-7(11-8)6-1-3-9-4-2-6/h1-4,7H,5H2,(H2,10,11,12). The molecule has 0 aliphatic carbocycles. The van der Waals surface area contributed by atoms with E-state index < -0.39 is 0 Å². The summed E-state index contributed by atoms with van der Waals surface area (Å²) in [5, 5.41) is 5.49. The average molecular weight is 163 g/mol. The minimum atomic E-state index is -0.100. The van der Waals surface area contributed by atoms with Crippen LogP contribution < -0.4 is 10.6 Å². The van der Waals surface area contributed by atoms with Crippen molar-refractivity contribution in [3.63, 3.8) is 0 Å². The normalized spacial score (nSPS) is 21.7. The second-order valence-corrected chi connectivity index (χ2v) is 2.69. The van der Waals surface area contributed by atoms with Crippen molar-refractivity contribution < 1.29 is 4.79 Å². The van der Waals surface area contributed by atoms with Crippen LogP contribution >= 0.6 is 0 Å². The number of urea groups is 1. The van der Waals surface area contributed by atoms with Crippen LogP contribution in [-0.4, -0.2) is 17.6 Å². The first-order chi connectivity index (χ1) is 5.86. The molecular formula is C8H9N3O. The second kappa shape index (κ2) is 2.81. The van der Waals surface area contributed by atoms with Crippen LogP contribution in [0, 0.1) is 0 Å². The van der Waals surface area contributed by atoms with Crippen molar-refractivity contribution >= 4 is 6.03 Å². The van der Waals surface area contributed by atoms with E-state index >= 15 is 0 Å². The van der Waals surface area contributed by atoms with Crippen LogP contribution in [-0.2, 0) is 0 Å². The number of carbonyl (C=O) groups excluding carboxylic acids is 1. The van der Waals surface area contributed by atoms with Crippen molar-refractivity contribution in [3.05, 3.63) is 30.1 Å². The molecule has 1 fully saturated rings. The molecule has 12 heavy (non-hydrogen) atoms. The maximum absolute atomic E-state index is 10.8. The van der Waals surface area contributed by atoms with Gasteiger partial charge in [0.2, 0.25) is 0 Å². The summed E-state index contributed by atoms with van der Waals surface area (Å²) in [6.45, 7) is 0.656. The molecule has 62 valence electrons. The van der Waals surface area contributed by atoms with Crippen LogP contribution in [0.4, 0.5) is 4.79 Å². The predicted octanol–water partition coefficient (Wildman–Crippen LogP) is 0.436. The number of hydrogen-bond donors (Lipinski definition) is 2. The Morgan fingerprint density at radius 2 is 2.17 bits per heavy atom. The Morgan fingerprint density at radius 3 is 2.75 bits per heavy atom. The van der Waals surface area contributed by atoms with Gasteiger partial charge in [-0.2, -0.15) is 0 Å². The van der Waals surface area contributed by atoms with Gasteiger partial charge in [0, 0.05) is 18.9 Å². The van der Waals surface area contributed by atoms with Gasteiger partial charge in [0.15, 0.2) is 0 Å². The average Bonchev–Trinajstić information content (AvgIpc) is 2.54. The Labute approximate surface area is 70.0 Å². The molecule has 0 radical (unpaired) electrons. The van der Waals surface area contributed by atoms with E-state index in [0.29, 0.717) is 6.54 Å². The molecule has 2 heterocycles. The summed E-state index contributed by atoms with van der Waals surface area (Å²) in [5.74, 6) is 0. The van der Waals surface area contributed by atoms with Gasteiger partial charge in [0.1, 0.15) is 0 Å². The summed E-state index contributed by atoms with van der Waals surface area (Å²) in [4.78, 5) is 14.7. The first-order valence-electron chi connectivity index (χ1n) is 3.80. The molecule has 1 aromatic heterocycles. The molecule has 2 rings (SSSR count). The largest absolute Gasteiger partial charge is 0.336 e. The third kappa shape index (κ3) is 1.23. The number of aromatic nitrogens is 1. The molecule has 4 heteroatoms. The number of amides is 2. The summed E-state index contributed by atoms with van der Waals surface area (Å²) in [6, 6.07) is 3.80. The number of nitrogens with zero attached hydrogens (tertiary/aromatic N) is 1. The number of nitrogens with one attached hydrogen (secondary N) is 2. The van der Waals surface area contributed by atoms with E-state index in [2.05, 4.69) is 15.6 Å². The fourth-order valence-electron chi connectivity index (χ4n) is 1.25. The lowest BCUT2D eigenvalue weighted by atomic mass is 10.1. The lowest BCUT2D eigenvalue weighted by Gasteiger charge is -2.06. The van der Waals surface area contributed by atoms with Gasteiger partial charge in [0.05, 0.1) is 6.04 Å². The zero-order valence-corrected chi connectivity index (χ0v) is 6.45. The number of rotatable bonds is 1. The molecule has 0 aromatic carbocycles. The quantitative estimate of drug-likeness (QED) is 0.631. The van der Waals surface area contributed by atoms with Crippen LogP contribution in [0.25, 0.3) is 0 Å². The van der Waals surface area contributed by atoms with Crippen molar-refractivity contribution in [2.75, 3.05) is 6.54 Å². The Morgan fingerprint density at radius 1 is 1.42 bits per heavy atom. The molecule has 1 saturated heterocycles.